The molecule has 34 heavy (non-hydrogen) atoms. The quantitative estimate of drug-likeness (QED) is 0.394. The van der Waals surface area contributed by atoms with Crippen LogP contribution >= 0.6 is 22.6 Å². The summed E-state index contributed by atoms with van der Waals surface area (Å²) in [5, 5.41) is 0. The second-order valence-corrected chi connectivity index (χ2v) is 10.2. The summed E-state index contributed by atoms with van der Waals surface area (Å²) in [5.41, 5.74) is 4.42. The molecule has 5 nitrogen and oxygen atoms in total. The molecular weight excluding hydrogens is 543 g/mol. The van der Waals surface area contributed by atoms with Crippen LogP contribution in [0.4, 0.5) is 0 Å². The molecule has 0 atom stereocenters. The standard InChI is InChI=1S/C28H27IO5/c1-16-6-3-7-17(12-16)15-33-28-19(29)13-18(14-24(28)32-2)25-26-20(30)8-4-10-22(26)34-23-11-5-9-21(31)27(23)25/h3,6-7,12-14,25H,4-5,8-11,15H2,1-2H3. The Morgan fingerprint density at radius 3 is 2.26 bits per heavy atom. The third-order valence-corrected chi connectivity index (χ3v) is 7.49. The minimum Gasteiger partial charge on any atom is -0.493 e. The maximum absolute atomic E-state index is 13.1. The molecule has 0 N–H and O–H groups in total. The second-order valence-electron chi connectivity index (χ2n) is 9.07. The maximum atomic E-state index is 13.1. The molecule has 1 heterocycles. The summed E-state index contributed by atoms with van der Waals surface area (Å²) in [6, 6.07) is 12.1. The third kappa shape index (κ3) is 4.28. The van der Waals surface area contributed by atoms with Crippen molar-refractivity contribution in [1.82, 2.24) is 0 Å². The minimum absolute atomic E-state index is 0.0740. The summed E-state index contributed by atoms with van der Waals surface area (Å²) in [5.74, 6) is 2.47. The molecule has 0 saturated heterocycles. The van der Waals surface area contributed by atoms with Gasteiger partial charge in [0.05, 0.1) is 10.7 Å². The van der Waals surface area contributed by atoms with Crippen molar-refractivity contribution in [1.29, 1.82) is 0 Å². The van der Waals surface area contributed by atoms with Gasteiger partial charge in [0, 0.05) is 42.7 Å². The molecule has 0 amide bonds. The van der Waals surface area contributed by atoms with Crippen LogP contribution < -0.4 is 9.47 Å². The topological polar surface area (TPSA) is 61.8 Å². The molecule has 0 saturated carbocycles. The SMILES string of the molecule is COc1cc(C2C3=C(CCCC3=O)OC3=C2C(=O)CCC3)cc(I)c1OCc1cccc(C)c1. The summed E-state index contributed by atoms with van der Waals surface area (Å²) in [6.45, 7) is 2.48. The van der Waals surface area contributed by atoms with Gasteiger partial charge >= 0.3 is 0 Å². The van der Waals surface area contributed by atoms with Crippen LogP contribution in [0.25, 0.3) is 0 Å². The van der Waals surface area contributed by atoms with Crippen molar-refractivity contribution in [3.8, 4) is 11.5 Å². The Morgan fingerprint density at radius 1 is 0.971 bits per heavy atom. The number of ketones is 2. The van der Waals surface area contributed by atoms with E-state index in [1.54, 1.807) is 7.11 Å². The number of rotatable bonds is 5. The summed E-state index contributed by atoms with van der Waals surface area (Å²) in [7, 11) is 1.62. The van der Waals surface area contributed by atoms with Gasteiger partial charge in [0.2, 0.25) is 0 Å². The molecule has 2 aromatic carbocycles. The maximum Gasteiger partial charge on any atom is 0.174 e. The lowest BCUT2D eigenvalue weighted by molar-refractivity contribution is -0.117. The van der Waals surface area contributed by atoms with E-state index >= 15 is 0 Å². The summed E-state index contributed by atoms with van der Waals surface area (Å²) in [6.07, 6.45) is 4.01. The minimum atomic E-state index is -0.410. The highest BCUT2D eigenvalue weighted by Gasteiger charge is 2.42. The van der Waals surface area contributed by atoms with E-state index in [9.17, 15) is 9.59 Å². The number of halogens is 1. The van der Waals surface area contributed by atoms with E-state index in [-0.39, 0.29) is 11.6 Å². The van der Waals surface area contributed by atoms with Crippen LogP contribution in [0, 0.1) is 10.5 Å². The Bertz CT molecular complexity index is 1200. The molecular formula is C28H27IO5. The molecule has 0 radical (unpaired) electrons. The number of Topliss-reactive ketones (excluding diaryl/α,β-unsaturated/α-hetero) is 2. The first kappa shape index (κ1) is 23.1. The largest absolute Gasteiger partial charge is 0.493 e. The number of hydrogen-bond donors (Lipinski definition) is 0. The van der Waals surface area contributed by atoms with E-state index in [0.717, 1.165) is 51.9 Å². The monoisotopic (exact) mass is 570 g/mol. The fraction of sp³-hybridized carbons (Fsp3) is 0.357. The van der Waals surface area contributed by atoms with Crippen LogP contribution in [0.15, 0.2) is 59.1 Å². The molecule has 0 bridgehead atoms. The van der Waals surface area contributed by atoms with Gasteiger partial charge in [-0.2, -0.15) is 0 Å². The Morgan fingerprint density at radius 2 is 1.65 bits per heavy atom. The molecule has 0 fully saturated rings. The van der Waals surface area contributed by atoms with Crippen LogP contribution in [0.1, 0.15) is 61.1 Å². The molecule has 1 aliphatic heterocycles. The van der Waals surface area contributed by atoms with Gasteiger partial charge in [-0.1, -0.05) is 29.8 Å². The average Bonchev–Trinajstić information content (AvgIpc) is 2.82. The number of carbonyl (C=O) groups excluding carboxylic acids is 2. The lowest BCUT2D eigenvalue weighted by Gasteiger charge is -2.36. The Labute approximate surface area is 213 Å². The van der Waals surface area contributed by atoms with Gasteiger partial charge in [0.25, 0.3) is 0 Å². The first-order valence-electron chi connectivity index (χ1n) is 11.7. The highest BCUT2D eigenvalue weighted by atomic mass is 127. The predicted molar refractivity (Wildman–Crippen MR) is 137 cm³/mol. The zero-order valence-corrected chi connectivity index (χ0v) is 21.6. The van der Waals surface area contributed by atoms with Crippen molar-refractivity contribution in [3.05, 3.63) is 79.3 Å². The van der Waals surface area contributed by atoms with Crippen molar-refractivity contribution in [2.75, 3.05) is 7.11 Å². The molecule has 2 aliphatic carbocycles. The van der Waals surface area contributed by atoms with Gasteiger partial charge in [0.1, 0.15) is 18.1 Å². The van der Waals surface area contributed by atoms with Crippen LogP contribution in [-0.4, -0.2) is 18.7 Å². The number of benzene rings is 2. The van der Waals surface area contributed by atoms with Crippen LogP contribution in [-0.2, 0) is 20.9 Å². The van der Waals surface area contributed by atoms with Crippen molar-refractivity contribution >= 4 is 34.2 Å². The Hall–Kier alpha value is -2.61. The summed E-state index contributed by atoms with van der Waals surface area (Å²) < 4.78 is 18.9. The molecule has 0 unspecified atom stereocenters. The lowest BCUT2D eigenvalue weighted by atomic mass is 9.73. The average molecular weight is 570 g/mol. The highest BCUT2D eigenvalue weighted by Crippen LogP contribution is 2.49. The lowest BCUT2D eigenvalue weighted by Crippen LogP contribution is -2.30. The van der Waals surface area contributed by atoms with Gasteiger partial charge in [-0.25, -0.2) is 0 Å². The third-order valence-electron chi connectivity index (χ3n) is 6.69. The van der Waals surface area contributed by atoms with Gasteiger partial charge in [-0.3, -0.25) is 9.59 Å². The number of methoxy groups -OCH3 is 1. The van der Waals surface area contributed by atoms with Gasteiger partial charge in [-0.15, -0.1) is 0 Å². The second kappa shape index (κ2) is 9.56. The number of allylic oxidation sites excluding steroid dienone is 4. The first-order chi connectivity index (χ1) is 16.5. The molecule has 176 valence electrons. The highest BCUT2D eigenvalue weighted by molar-refractivity contribution is 14.1. The fourth-order valence-corrected chi connectivity index (χ4v) is 5.94. The Kier molecular flexibility index (Phi) is 6.51. The van der Waals surface area contributed by atoms with E-state index in [1.807, 2.05) is 24.3 Å². The smallest absolute Gasteiger partial charge is 0.174 e. The van der Waals surface area contributed by atoms with E-state index in [4.69, 9.17) is 14.2 Å². The number of hydrogen-bond acceptors (Lipinski definition) is 5. The summed E-state index contributed by atoms with van der Waals surface area (Å²) in [4.78, 5) is 26.1. The van der Waals surface area contributed by atoms with E-state index < -0.39 is 5.92 Å². The van der Waals surface area contributed by atoms with E-state index in [0.29, 0.717) is 42.1 Å². The molecule has 3 aliphatic rings. The predicted octanol–water partition coefficient (Wildman–Crippen LogP) is 6.32. The van der Waals surface area contributed by atoms with E-state index in [2.05, 4.69) is 41.6 Å². The first-order valence-corrected chi connectivity index (χ1v) is 12.8. The van der Waals surface area contributed by atoms with Crippen LogP contribution in [0.3, 0.4) is 0 Å². The molecule has 0 spiro atoms. The molecule has 5 rings (SSSR count). The number of aryl methyl sites for hydroxylation is 1. The van der Waals surface area contributed by atoms with Gasteiger partial charge < -0.3 is 14.2 Å². The fourth-order valence-electron chi connectivity index (χ4n) is 5.15. The van der Waals surface area contributed by atoms with Gasteiger partial charge in [0.15, 0.2) is 23.1 Å². The summed E-state index contributed by atoms with van der Waals surface area (Å²) >= 11 is 2.25. The van der Waals surface area contributed by atoms with Crippen molar-refractivity contribution in [2.45, 2.75) is 58.0 Å². The number of ether oxygens (including phenoxy) is 3. The normalized spacial score (nSPS) is 18.4. The zero-order valence-electron chi connectivity index (χ0n) is 19.4. The molecule has 6 heteroatoms. The van der Waals surface area contributed by atoms with Crippen molar-refractivity contribution in [2.24, 2.45) is 0 Å². The zero-order chi connectivity index (χ0) is 23.8. The Balaban J connectivity index is 1.56. The van der Waals surface area contributed by atoms with Crippen LogP contribution in [0.2, 0.25) is 0 Å². The number of carbonyl (C=O) groups is 2. The van der Waals surface area contributed by atoms with Crippen molar-refractivity contribution in [3.63, 3.8) is 0 Å². The van der Waals surface area contributed by atoms with E-state index in [1.165, 1.54) is 5.56 Å². The molecule has 0 aromatic heterocycles. The van der Waals surface area contributed by atoms with Gasteiger partial charge in [-0.05, 0) is 65.6 Å². The van der Waals surface area contributed by atoms with Crippen molar-refractivity contribution < 1.29 is 23.8 Å². The molecule has 2 aromatic rings. The van der Waals surface area contributed by atoms with Crippen LogP contribution in [0.5, 0.6) is 11.5 Å².